The van der Waals surface area contributed by atoms with Gasteiger partial charge in [0.2, 0.25) is 5.91 Å². The number of nitrogens with one attached hydrogen (secondary N) is 2. The van der Waals surface area contributed by atoms with E-state index in [9.17, 15) is 9.18 Å². The largest absolute Gasteiger partial charge is 0.323 e. The first kappa shape index (κ1) is 17.2. The summed E-state index contributed by atoms with van der Waals surface area (Å²) in [5, 5.41) is 6.71. The molecule has 0 fully saturated rings. The fourth-order valence-electron chi connectivity index (χ4n) is 2.80. The lowest BCUT2D eigenvalue weighted by molar-refractivity contribution is -0.117. The van der Waals surface area contributed by atoms with Crippen LogP contribution in [-0.4, -0.2) is 12.5 Å². The Labute approximate surface area is 150 Å². The number of carbonyl (C=O) groups is 1. The number of anilines is 1. The van der Waals surface area contributed by atoms with Crippen LogP contribution in [0.15, 0.2) is 30.3 Å². The highest BCUT2D eigenvalue weighted by Crippen LogP contribution is 2.29. The highest BCUT2D eigenvalue weighted by molar-refractivity contribution is 6.42. The molecule has 3 nitrogen and oxygen atoms in total. The Kier molecular flexibility index (Phi) is 5.09. The van der Waals surface area contributed by atoms with Crippen molar-refractivity contribution in [1.29, 1.82) is 0 Å². The van der Waals surface area contributed by atoms with E-state index in [1.165, 1.54) is 0 Å². The molecule has 0 aromatic heterocycles. The number of fused-ring (bicyclic) bond motifs is 1. The van der Waals surface area contributed by atoms with Crippen LogP contribution in [0.2, 0.25) is 10.0 Å². The molecule has 1 aliphatic rings. The van der Waals surface area contributed by atoms with Gasteiger partial charge < -0.3 is 10.6 Å². The topological polar surface area (TPSA) is 41.1 Å². The first-order chi connectivity index (χ1) is 11.5. The van der Waals surface area contributed by atoms with Crippen molar-refractivity contribution in [3.05, 3.63) is 62.9 Å². The Hall–Kier alpha value is -1.62. The van der Waals surface area contributed by atoms with Crippen molar-refractivity contribution in [2.45, 2.75) is 25.8 Å². The molecule has 0 bridgehead atoms. The van der Waals surface area contributed by atoms with E-state index in [0.29, 0.717) is 28.6 Å². The van der Waals surface area contributed by atoms with Crippen LogP contribution in [0.5, 0.6) is 0 Å². The lowest BCUT2D eigenvalue weighted by Crippen LogP contribution is -2.26. The van der Waals surface area contributed by atoms with Gasteiger partial charge in [-0.25, -0.2) is 4.39 Å². The fraction of sp³-hybridized carbons (Fsp3) is 0.278. The number of benzene rings is 2. The van der Waals surface area contributed by atoms with Gasteiger partial charge in [-0.3, -0.25) is 4.79 Å². The minimum Gasteiger partial charge on any atom is -0.323 e. The summed E-state index contributed by atoms with van der Waals surface area (Å²) in [6.45, 7) is 3.14. The van der Waals surface area contributed by atoms with Gasteiger partial charge in [-0.1, -0.05) is 35.3 Å². The SMILES string of the molecule is CC(C(=O)Nc1ccc2c(c1F)CCNC2)c1ccc(Cl)c(Cl)c1. The number of hydrogen-bond donors (Lipinski definition) is 2. The first-order valence-electron chi connectivity index (χ1n) is 7.74. The third-order valence-corrected chi connectivity index (χ3v) is 5.04. The summed E-state index contributed by atoms with van der Waals surface area (Å²) in [6.07, 6.45) is 0.618. The molecule has 1 aliphatic heterocycles. The smallest absolute Gasteiger partial charge is 0.231 e. The Morgan fingerprint density at radius 3 is 2.79 bits per heavy atom. The van der Waals surface area contributed by atoms with E-state index in [4.69, 9.17) is 23.2 Å². The zero-order valence-corrected chi connectivity index (χ0v) is 14.6. The van der Waals surface area contributed by atoms with Gasteiger partial charge in [0.05, 0.1) is 21.7 Å². The maximum atomic E-state index is 14.6. The third kappa shape index (κ3) is 3.41. The molecule has 1 unspecified atom stereocenters. The summed E-state index contributed by atoms with van der Waals surface area (Å²) in [5.74, 6) is -1.11. The third-order valence-electron chi connectivity index (χ3n) is 4.30. The zero-order chi connectivity index (χ0) is 17.3. The van der Waals surface area contributed by atoms with Gasteiger partial charge in [0.15, 0.2) is 0 Å². The molecular formula is C18H17Cl2FN2O. The van der Waals surface area contributed by atoms with Gasteiger partial charge in [-0.15, -0.1) is 0 Å². The van der Waals surface area contributed by atoms with E-state index in [2.05, 4.69) is 10.6 Å². The molecule has 126 valence electrons. The molecule has 6 heteroatoms. The van der Waals surface area contributed by atoms with Gasteiger partial charge in [0.25, 0.3) is 0 Å². The second kappa shape index (κ2) is 7.09. The summed E-state index contributed by atoms with van der Waals surface area (Å²) < 4.78 is 14.6. The minimum atomic E-state index is -0.475. The van der Waals surface area contributed by atoms with Crippen molar-refractivity contribution in [1.82, 2.24) is 5.32 Å². The van der Waals surface area contributed by atoms with Crippen molar-refractivity contribution in [2.75, 3.05) is 11.9 Å². The van der Waals surface area contributed by atoms with E-state index in [0.717, 1.165) is 17.7 Å². The normalized spacial score (nSPS) is 14.8. The van der Waals surface area contributed by atoms with Crippen LogP contribution in [0.3, 0.4) is 0 Å². The molecule has 1 amide bonds. The van der Waals surface area contributed by atoms with Crippen molar-refractivity contribution in [3.8, 4) is 0 Å². The van der Waals surface area contributed by atoms with E-state index < -0.39 is 5.92 Å². The predicted octanol–water partition coefficient (Wildman–Crippen LogP) is 4.52. The molecule has 0 radical (unpaired) electrons. The van der Waals surface area contributed by atoms with Crippen molar-refractivity contribution in [3.63, 3.8) is 0 Å². The monoisotopic (exact) mass is 366 g/mol. The van der Waals surface area contributed by atoms with Crippen LogP contribution in [-0.2, 0) is 17.8 Å². The van der Waals surface area contributed by atoms with Crippen LogP contribution in [0, 0.1) is 5.82 Å². The molecule has 1 atom stereocenters. The number of carbonyl (C=O) groups excluding carboxylic acids is 1. The van der Waals surface area contributed by atoms with Crippen LogP contribution in [0.25, 0.3) is 0 Å². The fourth-order valence-corrected chi connectivity index (χ4v) is 3.11. The molecule has 24 heavy (non-hydrogen) atoms. The number of hydrogen-bond acceptors (Lipinski definition) is 2. The first-order valence-corrected chi connectivity index (χ1v) is 8.49. The zero-order valence-electron chi connectivity index (χ0n) is 13.1. The van der Waals surface area contributed by atoms with Crippen LogP contribution < -0.4 is 10.6 Å². The average Bonchev–Trinajstić information content (AvgIpc) is 2.59. The molecule has 2 N–H and O–H groups in total. The van der Waals surface area contributed by atoms with Gasteiger partial charge in [-0.2, -0.15) is 0 Å². The number of halogens is 3. The van der Waals surface area contributed by atoms with E-state index in [1.54, 1.807) is 31.2 Å². The average molecular weight is 367 g/mol. The molecule has 0 aliphatic carbocycles. The minimum absolute atomic E-state index is 0.215. The van der Waals surface area contributed by atoms with Gasteiger partial charge in [0, 0.05) is 6.54 Å². The summed E-state index contributed by atoms with van der Waals surface area (Å²) in [6, 6.07) is 8.51. The maximum absolute atomic E-state index is 14.6. The Bertz CT molecular complexity index is 795. The lowest BCUT2D eigenvalue weighted by atomic mass is 9.98. The summed E-state index contributed by atoms with van der Waals surface area (Å²) in [4.78, 5) is 12.5. The quantitative estimate of drug-likeness (QED) is 0.838. The van der Waals surface area contributed by atoms with E-state index >= 15 is 0 Å². The highest BCUT2D eigenvalue weighted by Gasteiger charge is 2.21. The number of rotatable bonds is 3. The maximum Gasteiger partial charge on any atom is 0.231 e. The Morgan fingerprint density at radius 1 is 1.25 bits per heavy atom. The van der Waals surface area contributed by atoms with Gasteiger partial charge in [-0.05, 0) is 54.8 Å². The molecule has 2 aromatic carbocycles. The van der Waals surface area contributed by atoms with Gasteiger partial charge in [0.1, 0.15) is 5.82 Å². The van der Waals surface area contributed by atoms with Crippen molar-refractivity contribution < 1.29 is 9.18 Å². The lowest BCUT2D eigenvalue weighted by Gasteiger charge is -2.20. The standard InChI is InChI=1S/C18H17Cl2FN2O/c1-10(11-2-4-14(19)15(20)8-11)18(24)23-16-5-3-12-9-22-7-6-13(12)17(16)21/h2-5,8,10,22H,6-7,9H2,1H3,(H,23,24). The number of amides is 1. The predicted molar refractivity (Wildman–Crippen MR) is 95.3 cm³/mol. The second-order valence-electron chi connectivity index (χ2n) is 5.88. The van der Waals surface area contributed by atoms with Crippen molar-refractivity contribution >= 4 is 34.8 Å². The second-order valence-corrected chi connectivity index (χ2v) is 6.69. The molecule has 1 heterocycles. The van der Waals surface area contributed by atoms with E-state index in [-0.39, 0.29) is 17.4 Å². The molecule has 0 spiro atoms. The summed E-state index contributed by atoms with van der Waals surface area (Å²) in [7, 11) is 0. The van der Waals surface area contributed by atoms with E-state index in [1.807, 2.05) is 6.07 Å². The summed E-state index contributed by atoms with van der Waals surface area (Å²) >= 11 is 11.9. The molecule has 0 saturated heterocycles. The van der Waals surface area contributed by atoms with Gasteiger partial charge >= 0.3 is 0 Å². The highest BCUT2D eigenvalue weighted by atomic mass is 35.5. The summed E-state index contributed by atoms with van der Waals surface area (Å²) in [5.41, 5.74) is 2.56. The molecular weight excluding hydrogens is 350 g/mol. The van der Waals surface area contributed by atoms with Crippen molar-refractivity contribution in [2.24, 2.45) is 0 Å². The van der Waals surface area contributed by atoms with Crippen LogP contribution in [0.4, 0.5) is 10.1 Å². The Morgan fingerprint density at radius 2 is 2.04 bits per heavy atom. The molecule has 3 rings (SSSR count). The molecule has 2 aromatic rings. The Balaban J connectivity index is 1.80. The van der Waals surface area contributed by atoms with Crippen LogP contribution >= 0.6 is 23.2 Å². The molecule has 0 saturated carbocycles. The van der Waals surface area contributed by atoms with Crippen LogP contribution in [0.1, 0.15) is 29.5 Å².